The number of methoxy groups -OCH3 is 1. The molecule has 6 nitrogen and oxygen atoms in total. The van der Waals surface area contributed by atoms with Crippen molar-refractivity contribution in [2.45, 2.75) is 19.3 Å². The Morgan fingerprint density at radius 3 is 2.80 bits per heavy atom. The number of aromatic nitrogens is 2. The number of ether oxygens (including phenoxy) is 2. The van der Waals surface area contributed by atoms with Crippen LogP contribution in [-0.2, 0) is 0 Å². The molecule has 1 aliphatic rings. The molecule has 0 saturated heterocycles. The van der Waals surface area contributed by atoms with Gasteiger partial charge in [-0.15, -0.1) is 0 Å². The van der Waals surface area contributed by atoms with E-state index in [1.54, 1.807) is 12.3 Å². The van der Waals surface area contributed by atoms with Crippen LogP contribution in [0.4, 0.5) is 4.39 Å². The average Bonchev–Trinajstić information content (AvgIpc) is 3.42. The van der Waals surface area contributed by atoms with Gasteiger partial charge in [0.1, 0.15) is 29.6 Å². The van der Waals surface area contributed by atoms with Crippen LogP contribution in [0.2, 0.25) is 0 Å². The summed E-state index contributed by atoms with van der Waals surface area (Å²) in [7, 11) is 5.44. The maximum absolute atomic E-state index is 14.9. The van der Waals surface area contributed by atoms with Gasteiger partial charge in [0.05, 0.1) is 24.6 Å². The Kier molecular flexibility index (Phi) is 5.72. The third-order valence-electron chi connectivity index (χ3n) is 5.31. The predicted molar refractivity (Wildman–Crippen MR) is 113 cm³/mol. The molecule has 7 heteroatoms. The largest absolute Gasteiger partial charge is 0.496 e. The molecule has 0 radical (unpaired) electrons. The van der Waals surface area contributed by atoms with E-state index >= 15 is 0 Å². The van der Waals surface area contributed by atoms with Crippen molar-refractivity contribution in [2.75, 3.05) is 34.4 Å². The normalized spacial score (nSPS) is 13.8. The second-order valence-corrected chi connectivity index (χ2v) is 7.99. The lowest BCUT2D eigenvalue weighted by molar-refractivity contribution is 0.0969. The third kappa shape index (κ3) is 4.31. The van der Waals surface area contributed by atoms with Gasteiger partial charge < -0.3 is 14.4 Å². The van der Waals surface area contributed by atoms with E-state index in [4.69, 9.17) is 9.47 Å². The molecular weight excluding hydrogens is 385 g/mol. The van der Waals surface area contributed by atoms with Crippen molar-refractivity contribution in [1.82, 2.24) is 14.3 Å². The van der Waals surface area contributed by atoms with E-state index < -0.39 is 5.82 Å². The van der Waals surface area contributed by atoms with Gasteiger partial charge in [0, 0.05) is 30.8 Å². The van der Waals surface area contributed by atoms with Gasteiger partial charge in [0.15, 0.2) is 5.78 Å². The van der Waals surface area contributed by atoms with Crippen LogP contribution < -0.4 is 9.47 Å². The number of pyridine rings is 1. The van der Waals surface area contributed by atoms with Gasteiger partial charge in [0.25, 0.3) is 0 Å². The first kappa shape index (κ1) is 20.3. The molecule has 3 aromatic rings. The number of carbonyl (C=O) groups excluding carboxylic acids is 1. The summed E-state index contributed by atoms with van der Waals surface area (Å²) >= 11 is 0. The van der Waals surface area contributed by atoms with Crippen LogP contribution in [0.5, 0.6) is 11.5 Å². The Morgan fingerprint density at radius 2 is 2.10 bits per heavy atom. The highest BCUT2D eigenvalue weighted by Crippen LogP contribution is 2.37. The van der Waals surface area contributed by atoms with Gasteiger partial charge >= 0.3 is 0 Å². The Labute approximate surface area is 175 Å². The number of hydrogen-bond donors (Lipinski definition) is 0. The second kappa shape index (κ2) is 8.44. The number of carbonyl (C=O) groups is 1. The molecule has 2 heterocycles. The maximum Gasteiger partial charge on any atom is 0.169 e. The molecule has 0 spiro atoms. The fourth-order valence-electron chi connectivity index (χ4n) is 3.46. The quantitative estimate of drug-likeness (QED) is 0.497. The van der Waals surface area contributed by atoms with Crippen LogP contribution in [0.3, 0.4) is 0 Å². The summed E-state index contributed by atoms with van der Waals surface area (Å²) < 4.78 is 27.9. The minimum atomic E-state index is -0.561. The van der Waals surface area contributed by atoms with Crippen LogP contribution in [0.1, 0.15) is 29.6 Å². The van der Waals surface area contributed by atoms with Crippen molar-refractivity contribution in [3.05, 3.63) is 48.0 Å². The summed E-state index contributed by atoms with van der Waals surface area (Å²) in [6, 6.07) is 6.79. The summed E-state index contributed by atoms with van der Waals surface area (Å²) in [4.78, 5) is 19.0. The van der Waals surface area contributed by atoms with Crippen molar-refractivity contribution in [3.8, 4) is 22.8 Å². The van der Waals surface area contributed by atoms with Gasteiger partial charge in [-0.3, -0.25) is 9.20 Å². The van der Waals surface area contributed by atoms with E-state index in [2.05, 4.69) is 4.98 Å². The lowest BCUT2D eigenvalue weighted by Crippen LogP contribution is -2.19. The van der Waals surface area contributed by atoms with Crippen LogP contribution >= 0.6 is 0 Å². The molecule has 158 valence electrons. The molecule has 1 aliphatic carbocycles. The Balaban J connectivity index is 1.63. The molecular formula is C23H26FN3O3. The molecule has 0 aliphatic heterocycles. The number of Topliss-reactive ketones (excluding diaryl/α,β-unsaturated/α-hetero) is 1. The molecule has 30 heavy (non-hydrogen) atoms. The SMILES string of the molecule is COc1cc(-c2cnc3cc(OCCN(C)C)ccn23)cc(F)c1C(=O)CC1CC1. The van der Waals surface area contributed by atoms with E-state index in [1.807, 2.05) is 41.7 Å². The summed E-state index contributed by atoms with van der Waals surface area (Å²) in [5.41, 5.74) is 2.04. The molecule has 1 aromatic carbocycles. The number of halogens is 1. The maximum atomic E-state index is 14.9. The van der Waals surface area contributed by atoms with Crippen LogP contribution in [-0.4, -0.2) is 54.4 Å². The first-order chi connectivity index (χ1) is 14.5. The number of imidazole rings is 1. The van der Waals surface area contributed by atoms with E-state index in [0.717, 1.165) is 25.1 Å². The third-order valence-corrected chi connectivity index (χ3v) is 5.31. The van der Waals surface area contributed by atoms with E-state index in [0.29, 0.717) is 35.9 Å². The van der Waals surface area contributed by atoms with Crippen molar-refractivity contribution >= 4 is 11.4 Å². The Hall–Kier alpha value is -2.93. The highest BCUT2D eigenvalue weighted by Gasteiger charge is 2.28. The zero-order chi connectivity index (χ0) is 21.3. The minimum absolute atomic E-state index is 0.0403. The Bertz CT molecular complexity index is 1070. The van der Waals surface area contributed by atoms with Crippen LogP contribution in [0.25, 0.3) is 16.9 Å². The molecule has 0 N–H and O–H groups in total. The fourth-order valence-corrected chi connectivity index (χ4v) is 3.46. The molecule has 4 rings (SSSR count). The lowest BCUT2D eigenvalue weighted by atomic mass is 10.0. The van der Waals surface area contributed by atoms with E-state index in [1.165, 1.54) is 13.2 Å². The first-order valence-electron chi connectivity index (χ1n) is 10.1. The molecule has 2 aromatic heterocycles. The predicted octanol–water partition coefficient (Wildman–Crippen LogP) is 4.07. The first-order valence-corrected chi connectivity index (χ1v) is 10.1. The van der Waals surface area contributed by atoms with Crippen molar-refractivity contribution in [3.63, 3.8) is 0 Å². The molecule has 0 amide bonds. The average molecular weight is 411 g/mol. The molecule has 1 saturated carbocycles. The molecule has 0 unspecified atom stereocenters. The number of benzene rings is 1. The number of hydrogen-bond acceptors (Lipinski definition) is 5. The molecule has 1 fully saturated rings. The Morgan fingerprint density at radius 1 is 1.30 bits per heavy atom. The summed E-state index contributed by atoms with van der Waals surface area (Å²) in [6.07, 6.45) is 5.98. The number of rotatable bonds is 9. The summed E-state index contributed by atoms with van der Waals surface area (Å²) in [5, 5.41) is 0. The van der Waals surface area contributed by atoms with Gasteiger partial charge in [-0.05, 0) is 51.1 Å². The fraction of sp³-hybridized carbons (Fsp3) is 0.391. The summed E-state index contributed by atoms with van der Waals surface area (Å²) in [6.45, 7) is 1.39. The minimum Gasteiger partial charge on any atom is -0.496 e. The molecule has 0 bridgehead atoms. The number of fused-ring (bicyclic) bond motifs is 1. The summed E-state index contributed by atoms with van der Waals surface area (Å²) in [5.74, 6) is 0.611. The van der Waals surface area contributed by atoms with Crippen LogP contribution in [0, 0.1) is 11.7 Å². The molecule has 0 atom stereocenters. The van der Waals surface area contributed by atoms with E-state index in [-0.39, 0.29) is 17.1 Å². The monoisotopic (exact) mass is 411 g/mol. The van der Waals surface area contributed by atoms with Crippen molar-refractivity contribution < 1.29 is 18.7 Å². The van der Waals surface area contributed by atoms with Gasteiger partial charge in [0.2, 0.25) is 0 Å². The standard InChI is InChI=1S/C23H26FN3O3/c1-26(2)8-9-30-17-6-7-27-19(14-25-22(27)13-17)16-11-18(24)23(21(12-16)29-3)20(28)10-15-4-5-15/h6-7,11-15H,4-5,8-10H2,1-3H3. The second-order valence-electron chi connectivity index (χ2n) is 7.99. The highest BCUT2D eigenvalue weighted by molar-refractivity contribution is 5.99. The number of likely N-dealkylation sites (N-methyl/N-ethyl adjacent to an activating group) is 1. The van der Waals surface area contributed by atoms with Crippen molar-refractivity contribution in [1.29, 1.82) is 0 Å². The number of nitrogens with zero attached hydrogens (tertiary/aromatic N) is 3. The highest BCUT2D eigenvalue weighted by atomic mass is 19.1. The lowest BCUT2D eigenvalue weighted by Gasteiger charge is -2.12. The van der Waals surface area contributed by atoms with Gasteiger partial charge in [-0.2, -0.15) is 0 Å². The zero-order valence-corrected chi connectivity index (χ0v) is 17.5. The van der Waals surface area contributed by atoms with Crippen LogP contribution in [0.15, 0.2) is 36.7 Å². The number of ketones is 1. The van der Waals surface area contributed by atoms with Gasteiger partial charge in [-0.25, -0.2) is 9.37 Å². The smallest absolute Gasteiger partial charge is 0.169 e. The van der Waals surface area contributed by atoms with Gasteiger partial charge in [-0.1, -0.05) is 0 Å². The topological polar surface area (TPSA) is 56.1 Å². The van der Waals surface area contributed by atoms with Crippen molar-refractivity contribution in [2.24, 2.45) is 5.92 Å². The zero-order valence-electron chi connectivity index (χ0n) is 17.5. The van der Waals surface area contributed by atoms with E-state index in [9.17, 15) is 9.18 Å².